The van der Waals surface area contributed by atoms with E-state index in [2.05, 4.69) is 45.4 Å². The number of pyridine rings is 1. The van der Waals surface area contributed by atoms with Gasteiger partial charge in [0, 0.05) is 35.9 Å². The van der Waals surface area contributed by atoms with Gasteiger partial charge in [0.05, 0.1) is 7.11 Å². The lowest BCUT2D eigenvalue weighted by Gasteiger charge is -2.21. The van der Waals surface area contributed by atoms with E-state index < -0.39 is 0 Å². The van der Waals surface area contributed by atoms with Gasteiger partial charge in [0.15, 0.2) is 0 Å². The summed E-state index contributed by atoms with van der Waals surface area (Å²) in [6.45, 7) is 0. The van der Waals surface area contributed by atoms with Crippen molar-refractivity contribution in [3.05, 3.63) is 66.3 Å². The largest absolute Gasteiger partial charge is 0.497 e. The Morgan fingerprint density at radius 2 is 2.09 bits per heavy atom. The van der Waals surface area contributed by atoms with Crippen LogP contribution in [0.15, 0.2) is 71.3 Å². The Hall–Kier alpha value is -2.88. The quantitative estimate of drug-likeness (QED) is 0.834. The molecule has 0 radical (unpaired) electrons. The molecular formula is C19H17N3O. The molecule has 4 heteroatoms. The van der Waals surface area contributed by atoms with E-state index >= 15 is 0 Å². The Labute approximate surface area is 135 Å². The molecule has 1 aromatic heterocycles. The Kier molecular flexibility index (Phi) is 3.42. The number of benzene rings is 1. The van der Waals surface area contributed by atoms with Crippen molar-refractivity contribution in [3.63, 3.8) is 0 Å². The van der Waals surface area contributed by atoms with E-state index in [9.17, 15) is 0 Å². The number of rotatable bonds is 2. The van der Waals surface area contributed by atoms with Crippen molar-refractivity contribution < 1.29 is 4.74 Å². The smallest absolute Gasteiger partial charge is 0.137 e. The summed E-state index contributed by atoms with van der Waals surface area (Å²) in [6, 6.07) is 8.13. The Bertz CT molecular complexity index is 877. The maximum absolute atomic E-state index is 5.27. The number of hydrogen-bond donors (Lipinski definition) is 0. The van der Waals surface area contributed by atoms with Crippen molar-refractivity contribution in [2.75, 3.05) is 12.0 Å². The molecule has 0 unspecified atom stereocenters. The van der Waals surface area contributed by atoms with Gasteiger partial charge in [-0.3, -0.25) is 4.99 Å². The first kappa shape index (κ1) is 13.8. The molecule has 23 heavy (non-hydrogen) atoms. The van der Waals surface area contributed by atoms with Crippen LogP contribution in [0.3, 0.4) is 0 Å². The molecule has 1 aromatic carbocycles. The van der Waals surface area contributed by atoms with E-state index in [-0.39, 0.29) is 0 Å². The van der Waals surface area contributed by atoms with Crippen molar-refractivity contribution in [2.24, 2.45) is 4.99 Å². The lowest BCUT2D eigenvalue weighted by atomic mass is 10.1. The lowest BCUT2D eigenvalue weighted by molar-refractivity contribution is 0.415. The van der Waals surface area contributed by atoms with Crippen LogP contribution >= 0.6 is 0 Å². The Morgan fingerprint density at radius 3 is 3.00 bits per heavy atom. The molecule has 2 aliphatic heterocycles. The molecule has 0 atom stereocenters. The van der Waals surface area contributed by atoms with Crippen LogP contribution < -0.4 is 9.64 Å². The second kappa shape index (κ2) is 5.72. The van der Waals surface area contributed by atoms with E-state index in [1.807, 2.05) is 30.7 Å². The van der Waals surface area contributed by atoms with Gasteiger partial charge in [-0.05, 0) is 54.2 Å². The fraction of sp³-hybridized carbons (Fsp3) is 0.158. The lowest BCUT2D eigenvalue weighted by Crippen LogP contribution is -2.15. The molecule has 0 N–H and O–H groups in total. The van der Waals surface area contributed by atoms with E-state index in [1.165, 1.54) is 5.57 Å². The topological polar surface area (TPSA) is 37.7 Å². The zero-order valence-electron chi connectivity index (χ0n) is 12.9. The molecule has 0 aliphatic carbocycles. The second-order valence-corrected chi connectivity index (χ2v) is 5.60. The van der Waals surface area contributed by atoms with Crippen molar-refractivity contribution in [1.29, 1.82) is 0 Å². The number of ether oxygens (including phenoxy) is 1. The van der Waals surface area contributed by atoms with Gasteiger partial charge in [0.1, 0.15) is 11.6 Å². The molecule has 0 saturated carbocycles. The number of anilines is 1. The zero-order valence-corrected chi connectivity index (χ0v) is 12.9. The van der Waals surface area contributed by atoms with Crippen LogP contribution in [0.2, 0.25) is 0 Å². The highest BCUT2D eigenvalue weighted by Gasteiger charge is 2.16. The van der Waals surface area contributed by atoms with Crippen molar-refractivity contribution in [3.8, 4) is 5.75 Å². The highest BCUT2D eigenvalue weighted by molar-refractivity contribution is 5.86. The third kappa shape index (κ3) is 2.63. The van der Waals surface area contributed by atoms with Crippen molar-refractivity contribution in [1.82, 2.24) is 4.98 Å². The van der Waals surface area contributed by atoms with Gasteiger partial charge in [0.2, 0.25) is 0 Å². The van der Waals surface area contributed by atoms with E-state index in [0.717, 1.165) is 40.9 Å². The van der Waals surface area contributed by atoms with Crippen LogP contribution in [0, 0.1) is 0 Å². The van der Waals surface area contributed by atoms with E-state index in [0.29, 0.717) is 0 Å². The monoisotopic (exact) mass is 303 g/mol. The number of aliphatic imine (C=N–C) groups is 1. The summed E-state index contributed by atoms with van der Waals surface area (Å²) in [5, 5.41) is 2.21. The summed E-state index contributed by atoms with van der Waals surface area (Å²) >= 11 is 0. The minimum atomic E-state index is 0.845. The van der Waals surface area contributed by atoms with Gasteiger partial charge < -0.3 is 9.64 Å². The third-order valence-electron chi connectivity index (χ3n) is 4.18. The average Bonchev–Trinajstić information content (AvgIpc) is 2.71. The van der Waals surface area contributed by atoms with Gasteiger partial charge in [-0.2, -0.15) is 0 Å². The first-order valence-electron chi connectivity index (χ1n) is 7.66. The number of methoxy groups -OCH3 is 1. The third-order valence-corrected chi connectivity index (χ3v) is 4.18. The van der Waals surface area contributed by atoms with Gasteiger partial charge >= 0.3 is 0 Å². The highest BCUT2D eigenvalue weighted by atomic mass is 16.5. The molecule has 3 heterocycles. The molecule has 0 fully saturated rings. The maximum atomic E-state index is 5.27. The van der Waals surface area contributed by atoms with Crippen LogP contribution in [0.4, 0.5) is 5.82 Å². The minimum Gasteiger partial charge on any atom is -0.497 e. The summed E-state index contributed by atoms with van der Waals surface area (Å²) in [4.78, 5) is 11.1. The zero-order chi connectivity index (χ0) is 15.6. The number of fused-ring (bicyclic) bond motifs is 4. The van der Waals surface area contributed by atoms with Gasteiger partial charge in [-0.15, -0.1) is 0 Å². The molecule has 0 spiro atoms. The minimum absolute atomic E-state index is 0.845. The predicted octanol–water partition coefficient (Wildman–Crippen LogP) is 4.21. The predicted molar refractivity (Wildman–Crippen MR) is 93.8 cm³/mol. The number of hydrogen-bond acceptors (Lipinski definition) is 4. The fourth-order valence-electron chi connectivity index (χ4n) is 2.87. The van der Waals surface area contributed by atoms with Gasteiger partial charge in [-0.1, -0.05) is 6.07 Å². The van der Waals surface area contributed by atoms with Gasteiger partial charge in [-0.25, -0.2) is 4.98 Å². The Balaban J connectivity index is 1.79. The summed E-state index contributed by atoms with van der Waals surface area (Å²) in [7, 11) is 1.68. The standard InChI is InChI=1S/C19H17N3O/c1-23-18-5-3-15-11-19(21-12-16(15)10-18)22-9-7-14-2-4-17(22)13-20-8-6-14/h3,5-13H,2,4H2,1H3/b14-6+,17-13+,20-8-. The first-order chi connectivity index (χ1) is 11.3. The Morgan fingerprint density at radius 1 is 1.13 bits per heavy atom. The molecular weight excluding hydrogens is 286 g/mol. The number of nitrogens with zero attached hydrogens (tertiary/aromatic N) is 3. The highest BCUT2D eigenvalue weighted by Crippen LogP contribution is 2.30. The van der Waals surface area contributed by atoms with Crippen LogP contribution in [-0.4, -0.2) is 18.3 Å². The van der Waals surface area contributed by atoms with Crippen LogP contribution in [0.25, 0.3) is 10.8 Å². The second-order valence-electron chi connectivity index (χ2n) is 5.60. The molecule has 4 rings (SSSR count). The number of aromatic nitrogens is 1. The van der Waals surface area contributed by atoms with Crippen molar-refractivity contribution >= 4 is 22.8 Å². The molecule has 2 aromatic rings. The summed E-state index contributed by atoms with van der Waals surface area (Å²) in [6.07, 6.45) is 13.9. The summed E-state index contributed by atoms with van der Waals surface area (Å²) < 4.78 is 5.27. The van der Waals surface area contributed by atoms with Crippen molar-refractivity contribution in [2.45, 2.75) is 12.8 Å². The fourth-order valence-corrected chi connectivity index (χ4v) is 2.87. The molecule has 4 nitrogen and oxygen atoms in total. The normalized spacial score (nSPS) is 22.6. The summed E-state index contributed by atoms with van der Waals surface area (Å²) in [5.41, 5.74) is 2.44. The molecule has 114 valence electrons. The van der Waals surface area contributed by atoms with E-state index in [4.69, 9.17) is 4.74 Å². The summed E-state index contributed by atoms with van der Waals surface area (Å²) in [5.74, 6) is 1.75. The number of allylic oxidation sites excluding steroid dienone is 4. The van der Waals surface area contributed by atoms with Crippen LogP contribution in [0.5, 0.6) is 5.75 Å². The van der Waals surface area contributed by atoms with E-state index in [1.54, 1.807) is 7.11 Å². The van der Waals surface area contributed by atoms with Crippen LogP contribution in [0.1, 0.15) is 12.8 Å². The maximum Gasteiger partial charge on any atom is 0.137 e. The molecule has 2 aliphatic rings. The molecule has 0 saturated heterocycles. The van der Waals surface area contributed by atoms with Crippen LogP contribution in [-0.2, 0) is 0 Å². The molecule has 2 bridgehead atoms. The molecule has 0 amide bonds. The average molecular weight is 303 g/mol. The van der Waals surface area contributed by atoms with Gasteiger partial charge in [0.25, 0.3) is 0 Å². The first-order valence-corrected chi connectivity index (χ1v) is 7.66. The SMILES string of the molecule is COc1ccc2cc(N3C=C/C4=C/C=N\C=C\3CC4)ncc2c1.